The van der Waals surface area contributed by atoms with Crippen molar-refractivity contribution in [2.24, 2.45) is 5.92 Å². The van der Waals surface area contributed by atoms with Crippen LogP contribution in [0.4, 0.5) is 0 Å². The van der Waals surface area contributed by atoms with E-state index in [1.165, 1.54) is 0 Å². The minimum Gasteiger partial charge on any atom is -0.355 e. The molecule has 0 aromatic heterocycles. The van der Waals surface area contributed by atoms with Gasteiger partial charge in [-0.2, -0.15) is 4.31 Å². The molecule has 1 N–H and O–H groups in total. The van der Waals surface area contributed by atoms with E-state index in [1.807, 2.05) is 0 Å². The van der Waals surface area contributed by atoms with Crippen LogP contribution < -0.4 is 5.32 Å². The standard InChI is InChI=1S/C18H29ClN2O3S/c1-4-6-9-15(5-2)12-20-18(22)14-21(25(3,23)24)13-16-10-7-8-11-17(16)19/h7-8,10-11,15H,4-6,9,12-14H2,1-3H3,(H,20,22). The number of hydrogen-bond acceptors (Lipinski definition) is 3. The van der Waals surface area contributed by atoms with Crippen molar-refractivity contribution in [2.75, 3.05) is 19.3 Å². The van der Waals surface area contributed by atoms with Gasteiger partial charge in [0.25, 0.3) is 0 Å². The molecule has 1 atom stereocenters. The first-order chi connectivity index (χ1) is 11.8. The van der Waals surface area contributed by atoms with E-state index in [4.69, 9.17) is 11.6 Å². The summed E-state index contributed by atoms with van der Waals surface area (Å²) in [5.74, 6) is 0.145. The van der Waals surface area contributed by atoms with Crippen molar-refractivity contribution in [1.82, 2.24) is 9.62 Å². The average molecular weight is 389 g/mol. The normalized spacial score (nSPS) is 13.0. The minimum atomic E-state index is -3.52. The number of nitrogens with one attached hydrogen (secondary N) is 1. The maximum Gasteiger partial charge on any atom is 0.235 e. The molecule has 25 heavy (non-hydrogen) atoms. The summed E-state index contributed by atoms with van der Waals surface area (Å²) in [5.41, 5.74) is 0.678. The first-order valence-corrected chi connectivity index (χ1v) is 11.0. The number of nitrogens with zero attached hydrogens (tertiary/aromatic N) is 1. The third-order valence-corrected chi connectivity index (χ3v) is 5.79. The molecule has 7 heteroatoms. The van der Waals surface area contributed by atoms with Crippen molar-refractivity contribution in [3.63, 3.8) is 0 Å². The van der Waals surface area contributed by atoms with Gasteiger partial charge < -0.3 is 5.32 Å². The molecular weight excluding hydrogens is 360 g/mol. The van der Waals surface area contributed by atoms with Gasteiger partial charge in [0.1, 0.15) is 0 Å². The molecule has 0 fully saturated rings. The smallest absolute Gasteiger partial charge is 0.235 e. The first kappa shape index (κ1) is 21.9. The lowest BCUT2D eigenvalue weighted by Crippen LogP contribution is -2.41. The van der Waals surface area contributed by atoms with Crippen molar-refractivity contribution < 1.29 is 13.2 Å². The van der Waals surface area contributed by atoms with E-state index in [0.29, 0.717) is 23.0 Å². The molecule has 0 saturated heterocycles. The van der Waals surface area contributed by atoms with E-state index < -0.39 is 10.0 Å². The zero-order valence-electron chi connectivity index (χ0n) is 15.3. The van der Waals surface area contributed by atoms with Crippen LogP contribution in [-0.2, 0) is 21.4 Å². The summed E-state index contributed by atoms with van der Waals surface area (Å²) in [4.78, 5) is 12.2. The van der Waals surface area contributed by atoms with E-state index in [1.54, 1.807) is 24.3 Å². The van der Waals surface area contributed by atoms with Gasteiger partial charge in [-0.25, -0.2) is 8.42 Å². The molecule has 0 aliphatic rings. The molecular formula is C18H29ClN2O3S. The van der Waals surface area contributed by atoms with Crippen molar-refractivity contribution >= 4 is 27.5 Å². The highest BCUT2D eigenvalue weighted by Crippen LogP contribution is 2.18. The summed E-state index contributed by atoms with van der Waals surface area (Å²) in [6.45, 7) is 4.71. The topological polar surface area (TPSA) is 66.5 Å². The lowest BCUT2D eigenvalue weighted by atomic mass is 9.99. The van der Waals surface area contributed by atoms with E-state index >= 15 is 0 Å². The molecule has 1 rings (SSSR count). The molecule has 5 nitrogen and oxygen atoms in total. The van der Waals surface area contributed by atoms with Crippen LogP contribution in [0.1, 0.15) is 45.1 Å². The van der Waals surface area contributed by atoms with Crippen LogP contribution in [0.25, 0.3) is 0 Å². The Bertz CT molecular complexity index is 649. The quantitative estimate of drug-likeness (QED) is 0.631. The maximum absolute atomic E-state index is 12.2. The highest BCUT2D eigenvalue weighted by atomic mass is 35.5. The summed E-state index contributed by atoms with van der Waals surface area (Å²) in [5, 5.41) is 3.36. The van der Waals surface area contributed by atoms with E-state index in [2.05, 4.69) is 19.2 Å². The Balaban J connectivity index is 2.66. The van der Waals surface area contributed by atoms with Crippen LogP contribution >= 0.6 is 11.6 Å². The maximum atomic E-state index is 12.2. The van der Waals surface area contributed by atoms with Crippen molar-refractivity contribution in [1.29, 1.82) is 0 Å². The van der Waals surface area contributed by atoms with Gasteiger partial charge in [0.2, 0.25) is 15.9 Å². The lowest BCUT2D eigenvalue weighted by Gasteiger charge is -2.21. The fourth-order valence-corrected chi connectivity index (χ4v) is 3.45. The zero-order chi connectivity index (χ0) is 18.9. The third-order valence-electron chi connectivity index (χ3n) is 4.22. The Hall–Kier alpha value is -1.11. The van der Waals surface area contributed by atoms with Crippen LogP contribution in [-0.4, -0.2) is 38.0 Å². The SMILES string of the molecule is CCCCC(CC)CNC(=O)CN(Cc1ccccc1Cl)S(C)(=O)=O. The molecule has 1 amide bonds. The summed E-state index contributed by atoms with van der Waals surface area (Å²) in [6, 6.07) is 7.04. The van der Waals surface area contributed by atoms with E-state index in [-0.39, 0.29) is 19.0 Å². The van der Waals surface area contributed by atoms with Gasteiger partial charge >= 0.3 is 0 Å². The molecule has 0 bridgehead atoms. The van der Waals surface area contributed by atoms with Gasteiger partial charge in [0.15, 0.2) is 0 Å². The van der Waals surface area contributed by atoms with Gasteiger partial charge in [-0.1, -0.05) is 62.9 Å². The molecule has 0 spiro atoms. The second-order valence-electron chi connectivity index (χ2n) is 6.34. The Labute approximate surface area is 156 Å². The highest BCUT2D eigenvalue weighted by molar-refractivity contribution is 7.88. The second kappa shape index (κ2) is 10.8. The first-order valence-electron chi connectivity index (χ1n) is 8.73. The van der Waals surface area contributed by atoms with Gasteiger partial charge in [0, 0.05) is 18.1 Å². The molecule has 1 unspecified atom stereocenters. The van der Waals surface area contributed by atoms with E-state index in [0.717, 1.165) is 36.2 Å². The molecule has 1 aromatic rings. The fourth-order valence-electron chi connectivity index (χ4n) is 2.52. The van der Waals surface area contributed by atoms with Crippen LogP contribution in [0.3, 0.4) is 0 Å². The van der Waals surface area contributed by atoms with Gasteiger partial charge in [-0.05, 0) is 24.0 Å². The molecule has 0 aliphatic carbocycles. The number of unbranched alkanes of at least 4 members (excludes halogenated alkanes) is 1. The zero-order valence-corrected chi connectivity index (χ0v) is 16.9. The summed E-state index contributed by atoms with van der Waals surface area (Å²) >= 11 is 6.10. The number of benzene rings is 1. The molecule has 0 heterocycles. The van der Waals surface area contributed by atoms with Gasteiger partial charge in [-0.15, -0.1) is 0 Å². The molecule has 1 aromatic carbocycles. The summed E-state index contributed by atoms with van der Waals surface area (Å²) in [7, 11) is -3.52. The number of halogens is 1. The van der Waals surface area contributed by atoms with Crippen LogP contribution in [0.5, 0.6) is 0 Å². The Morgan fingerprint density at radius 2 is 1.96 bits per heavy atom. The predicted molar refractivity (Wildman–Crippen MR) is 103 cm³/mol. The highest BCUT2D eigenvalue weighted by Gasteiger charge is 2.21. The molecule has 0 saturated carbocycles. The fraction of sp³-hybridized carbons (Fsp3) is 0.611. The van der Waals surface area contributed by atoms with Crippen molar-refractivity contribution in [3.05, 3.63) is 34.9 Å². The Morgan fingerprint density at radius 3 is 2.52 bits per heavy atom. The van der Waals surface area contributed by atoms with Crippen LogP contribution in [0.2, 0.25) is 5.02 Å². The second-order valence-corrected chi connectivity index (χ2v) is 8.73. The Morgan fingerprint density at radius 1 is 1.28 bits per heavy atom. The minimum absolute atomic E-state index is 0.0823. The monoisotopic (exact) mass is 388 g/mol. The molecule has 142 valence electrons. The van der Waals surface area contributed by atoms with Gasteiger partial charge in [-0.3, -0.25) is 4.79 Å². The number of carbonyl (C=O) groups excluding carboxylic acids is 1. The summed E-state index contributed by atoms with van der Waals surface area (Å²) < 4.78 is 25.2. The van der Waals surface area contributed by atoms with Crippen molar-refractivity contribution in [3.8, 4) is 0 Å². The van der Waals surface area contributed by atoms with Gasteiger partial charge in [0.05, 0.1) is 12.8 Å². The molecule has 0 radical (unpaired) electrons. The molecule has 0 aliphatic heterocycles. The number of rotatable bonds is 11. The van der Waals surface area contributed by atoms with Crippen LogP contribution in [0, 0.1) is 5.92 Å². The third kappa shape index (κ3) is 8.21. The van der Waals surface area contributed by atoms with Crippen LogP contribution in [0.15, 0.2) is 24.3 Å². The average Bonchev–Trinajstić information content (AvgIpc) is 2.55. The largest absolute Gasteiger partial charge is 0.355 e. The lowest BCUT2D eigenvalue weighted by molar-refractivity contribution is -0.121. The Kier molecular flexibility index (Phi) is 9.46. The number of carbonyl (C=O) groups is 1. The number of hydrogen-bond donors (Lipinski definition) is 1. The number of sulfonamides is 1. The predicted octanol–water partition coefficient (Wildman–Crippen LogP) is 3.43. The number of amides is 1. The summed E-state index contributed by atoms with van der Waals surface area (Å²) in [6.07, 6.45) is 5.44. The van der Waals surface area contributed by atoms with Crippen molar-refractivity contribution in [2.45, 2.75) is 46.1 Å². The van der Waals surface area contributed by atoms with E-state index in [9.17, 15) is 13.2 Å².